The molecule has 3 rings (SSSR count). The average Bonchev–Trinajstić information content (AvgIpc) is 2.60. The molecule has 1 heterocycles. The molecular weight excluding hydrogens is 363 g/mol. The van der Waals surface area contributed by atoms with Gasteiger partial charge in [-0.05, 0) is 56.0 Å². The number of alkyl halides is 3. The molecule has 0 aliphatic carbocycles. The predicted octanol–water partition coefficient (Wildman–Crippen LogP) is 5.75. The maximum atomic E-state index is 14.2. The van der Waals surface area contributed by atoms with E-state index in [0.717, 1.165) is 16.5 Å². The van der Waals surface area contributed by atoms with Crippen LogP contribution in [0.3, 0.4) is 0 Å². The molecule has 1 aromatic heterocycles. The smallest absolute Gasteiger partial charge is 0.390 e. The van der Waals surface area contributed by atoms with Crippen LogP contribution in [-0.2, 0) is 11.8 Å². The van der Waals surface area contributed by atoms with Gasteiger partial charge in [-0.3, -0.25) is 4.98 Å². The van der Waals surface area contributed by atoms with Crippen LogP contribution >= 0.6 is 0 Å². The quantitative estimate of drug-likeness (QED) is 0.605. The van der Waals surface area contributed by atoms with Crippen LogP contribution in [0.2, 0.25) is 0 Å². The van der Waals surface area contributed by atoms with Crippen molar-refractivity contribution < 1.29 is 18.3 Å². The molecule has 1 N–H and O–H groups in total. The molecule has 0 saturated heterocycles. The molecule has 0 radical (unpaired) electrons. The molecule has 0 aliphatic rings. The van der Waals surface area contributed by atoms with E-state index in [2.05, 4.69) is 4.98 Å². The summed E-state index contributed by atoms with van der Waals surface area (Å²) in [6.45, 7) is 4.32. The monoisotopic (exact) mass is 387 g/mol. The largest absolute Gasteiger partial charge is 0.398 e. The van der Waals surface area contributed by atoms with Gasteiger partial charge in [-0.1, -0.05) is 42.5 Å². The summed E-state index contributed by atoms with van der Waals surface area (Å²) in [5.41, 5.74) is -1.42. The molecule has 0 fully saturated rings. The molecule has 0 bridgehead atoms. The third-order valence-corrected chi connectivity index (χ3v) is 5.41. The second-order valence-electron chi connectivity index (χ2n) is 7.98. The summed E-state index contributed by atoms with van der Waals surface area (Å²) in [4.78, 5) is 4.28. The number of nitrogens with zero attached hydrogens (tertiary/aromatic N) is 1. The summed E-state index contributed by atoms with van der Waals surface area (Å²) in [6, 6.07) is 15.7. The van der Waals surface area contributed by atoms with Crippen molar-refractivity contribution in [2.24, 2.45) is 0 Å². The van der Waals surface area contributed by atoms with Crippen molar-refractivity contribution in [2.45, 2.75) is 50.8 Å². The first-order valence-corrected chi connectivity index (χ1v) is 9.21. The Hall–Kier alpha value is -2.40. The van der Waals surface area contributed by atoms with Crippen LogP contribution < -0.4 is 0 Å². The van der Waals surface area contributed by atoms with Crippen molar-refractivity contribution >= 4 is 10.9 Å². The Kier molecular flexibility index (Phi) is 5.24. The highest BCUT2D eigenvalue weighted by atomic mass is 19.4. The van der Waals surface area contributed by atoms with Crippen LogP contribution in [0.4, 0.5) is 13.2 Å². The van der Waals surface area contributed by atoms with E-state index in [1.807, 2.05) is 24.3 Å². The molecular formula is C23H24F3NO. The number of rotatable bonds is 5. The summed E-state index contributed by atoms with van der Waals surface area (Å²) in [7, 11) is 0. The summed E-state index contributed by atoms with van der Waals surface area (Å²) in [5.74, 6) is 0. The highest BCUT2D eigenvalue weighted by Gasteiger charge is 2.55. The van der Waals surface area contributed by atoms with Gasteiger partial charge in [0.1, 0.15) is 0 Å². The molecule has 0 spiro atoms. The molecule has 0 amide bonds. The Bertz CT molecular complexity index is 975. The summed E-state index contributed by atoms with van der Waals surface area (Å²) in [5, 5.41) is 11.9. The van der Waals surface area contributed by atoms with Crippen LogP contribution in [-0.4, -0.2) is 21.9 Å². The lowest BCUT2D eigenvalue weighted by Crippen LogP contribution is -2.47. The van der Waals surface area contributed by atoms with Gasteiger partial charge < -0.3 is 5.11 Å². The van der Waals surface area contributed by atoms with Gasteiger partial charge in [0.25, 0.3) is 0 Å². The minimum atomic E-state index is -4.50. The lowest BCUT2D eigenvalue weighted by molar-refractivity contribution is -0.200. The molecule has 3 aromatic rings. The fourth-order valence-corrected chi connectivity index (χ4v) is 4.08. The topological polar surface area (TPSA) is 33.1 Å². The van der Waals surface area contributed by atoms with Gasteiger partial charge in [-0.2, -0.15) is 13.2 Å². The number of fused-ring (bicyclic) bond motifs is 1. The number of aryl methyl sites for hydroxylation is 1. The molecule has 2 nitrogen and oxygen atoms in total. The van der Waals surface area contributed by atoms with E-state index in [1.165, 1.54) is 19.9 Å². The number of benzene rings is 2. The van der Waals surface area contributed by atoms with Crippen LogP contribution in [0.25, 0.3) is 10.9 Å². The maximum absolute atomic E-state index is 14.2. The minimum Gasteiger partial charge on any atom is -0.390 e. The van der Waals surface area contributed by atoms with Crippen molar-refractivity contribution in [1.29, 1.82) is 0 Å². The number of pyridine rings is 1. The summed E-state index contributed by atoms with van der Waals surface area (Å²) in [6.07, 6.45) is -3.21. The summed E-state index contributed by atoms with van der Waals surface area (Å²) < 4.78 is 42.5. The molecule has 2 aromatic carbocycles. The van der Waals surface area contributed by atoms with E-state index in [0.29, 0.717) is 5.56 Å². The number of hydrogen-bond acceptors (Lipinski definition) is 2. The first-order valence-electron chi connectivity index (χ1n) is 9.21. The van der Waals surface area contributed by atoms with E-state index in [-0.39, 0.29) is 12.0 Å². The lowest BCUT2D eigenvalue weighted by atomic mass is 9.70. The molecule has 2 atom stereocenters. The molecule has 5 heteroatoms. The van der Waals surface area contributed by atoms with Gasteiger partial charge in [0.15, 0.2) is 0 Å². The van der Waals surface area contributed by atoms with Gasteiger partial charge >= 0.3 is 6.18 Å². The Labute approximate surface area is 163 Å². The number of aliphatic hydroxyl groups is 1. The molecule has 0 saturated carbocycles. The highest BCUT2D eigenvalue weighted by Crippen LogP contribution is 2.47. The average molecular weight is 387 g/mol. The standard InChI is InChI=1S/C23H24F3NO/c1-16-8-4-6-10-19(16)22(3,23(24,25)26)15-21(2,28)14-17-12-13-27-20-11-7-5-9-18(17)20/h4-13,28H,14-15H2,1-3H3. The molecule has 0 aliphatic heterocycles. The second kappa shape index (κ2) is 7.21. The Morgan fingerprint density at radius 3 is 2.25 bits per heavy atom. The Balaban J connectivity index is 1.99. The molecule has 148 valence electrons. The zero-order chi connectivity index (χ0) is 20.6. The van der Waals surface area contributed by atoms with Crippen LogP contribution in [0.5, 0.6) is 0 Å². The van der Waals surface area contributed by atoms with E-state index >= 15 is 0 Å². The van der Waals surface area contributed by atoms with Crippen molar-refractivity contribution in [3.63, 3.8) is 0 Å². The van der Waals surface area contributed by atoms with Gasteiger partial charge in [-0.25, -0.2) is 0 Å². The maximum Gasteiger partial charge on any atom is 0.398 e. The van der Waals surface area contributed by atoms with Crippen LogP contribution in [0.1, 0.15) is 37.0 Å². The first-order chi connectivity index (χ1) is 13.0. The first kappa shape index (κ1) is 20.3. The van der Waals surface area contributed by atoms with E-state index in [4.69, 9.17) is 0 Å². The van der Waals surface area contributed by atoms with Gasteiger partial charge in [0, 0.05) is 18.0 Å². The predicted molar refractivity (Wildman–Crippen MR) is 105 cm³/mol. The second-order valence-corrected chi connectivity index (χ2v) is 7.98. The van der Waals surface area contributed by atoms with Gasteiger partial charge in [0.05, 0.1) is 16.5 Å². The molecule has 2 unspecified atom stereocenters. The third kappa shape index (κ3) is 3.90. The zero-order valence-electron chi connectivity index (χ0n) is 16.2. The van der Waals surface area contributed by atoms with Crippen molar-refractivity contribution in [3.05, 3.63) is 77.5 Å². The van der Waals surface area contributed by atoms with Gasteiger partial charge in [-0.15, -0.1) is 0 Å². The summed E-state index contributed by atoms with van der Waals surface area (Å²) >= 11 is 0. The fraction of sp³-hybridized carbons (Fsp3) is 0.348. The van der Waals surface area contributed by atoms with Crippen molar-refractivity contribution in [1.82, 2.24) is 4.98 Å². The lowest BCUT2D eigenvalue weighted by Gasteiger charge is -2.39. The Morgan fingerprint density at radius 1 is 0.929 bits per heavy atom. The zero-order valence-corrected chi connectivity index (χ0v) is 16.2. The van der Waals surface area contributed by atoms with Crippen LogP contribution in [0.15, 0.2) is 60.8 Å². The normalized spacial score (nSPS) is 16.5. The number of halogens is 3. The van der Waals surface area contributed by atoms with E-state index < -0.39 is 23.6 Å². The van der Waals surface area contributed by atoms with Crippen molar-refractivity contribution in [3.8, 4) is 0 Å². The number of para-hydroxylation sites is 1. The van der Waals surface area contributed by atoms with E-state index in [9.17, 15) is 18.3 Å². The number of hydrogen-bond donors (Lipinski definition) is 1. The van der Waals surface area contributed by atoms with E-state index in [1.54, 1.807) is 37.4 Å². The third-order valence-electron chi connectivity index (χ3n) is 5.41. The fourth-order valence-electron chi connectivity index (χ4n) is 4.08. The Morgan fingerprint density at radius 2 is 1.57 bits per heavy atom. The van der Waals surface area contributed by atoms with Gasteiger partial charge in [0.2, 0.25) is 0 Å². The molecule has 28 heavy (non-hydrogen) atoms. The van der Waals surface area contributed by atoms with Crippen LogP contribution in [0, 0.1) is 6.92 Å². The van der Waals surface area contributed by atoms with Crippen molar-refractivity contribution in [2.75, 3.05) is 0 Å². The number of aromatic nitrogens is 1. The SMILES string of the molecule is Cc1ccccc1C(C)(CC(C)(O)Cc1ccnc2ccccc12)C(F)(F)F. The minimum absolute atomic E-state index is 0.105. The highest BCUT2D eigenvalue weighted by molar-refractivity contribution is 5.81.